The van der Waals surface area contributed by atoms with Crippen LogP contribution in [-0.4, -0.2) is 35.0 Å². The number of hydrogen-bond donors (Lipinski definition) is 1. The summed E-state index contributed by atoms with van der Waals surface area (Å²) >= 11 is 2.08. The van der Waals surface area contributed by atoms with Crippen molar-refractivity contribution in [1.82, 2.24) is 4.90 Å². The first kappa shape index (κ1) is 17.2. The predicted octanol–water partition coefficient (Wildman–Crippen LogP) is 3.73. The molecule has 0 fully saturated rings. The van der Waals surface area contributed by atoms with Crippen LogP contribution in [-0.2, 0) is 0 Å². The van der Waals surface area contributed by atoms with E-state index in [1.165, 1.54) is 0 Å². The fraction of sp³-hybridized carbons (Fsp3) is 0.571. The Morgan fingerprint density at radius 3 is 2.40 bits per heavy atom. The van der Waals surface area contributed by atoms with Gasteiger partial charge in [-0.15, -0.1) is 0 Å². The summed E-state index contributed by atoms with van der Waals surface area (Å²) in [6.07, 6.45) is 0. The second-order valence-corrected chi connectivity index (χ2v) is 6.52. The van der Waals surface area contributed by atoms with Crippen molar-refractivity contribution in [3.8, 4) is 0 Å². The molecule has 0 spiro atoms. The Morgan fingerprint density at radius 1 is 1.30 bits per heavy atom. The van der Waals surface area contributed by atoms with Gasteiger partial charge in [0.25, 0.3) is 5.69 Å². The van der Waals surface area contributed by atoms with Crippen LogP contribution in [0.2, 0.25) is 0 Å². The Kier molecular flexibility index (Phi) is 6.67. The first-order valence-corrected chi connectivity index (χ1v) is 7.84. The normalized spacial score (nSPS) is 11.4. The summed E-state index contributed by atoms with van der Waals surface area (Å²) in [5.74, 6) is 0. The molecule has 112 valence electrons. The van der Waals surface area contributed by atoms with E-state index in [2.05, 4.69) is 60.5 Å². The van der Waals surface area contributed by atoms with E-state index in [1.54, 1.807) is 12.1 Å². The molecule has 0 aliphatic rings. The summed E-state index contributed by atoms with van der Waals surface area (Å²) in [4.78, 5) is 13.1. The van der Waals surface area contributed by atoms with Crippen LogP contribution in [0.25, 0.3) is 0 Å². The molecule has 0 amide bonds. The molecule has 1 rings (SSSR count). The van der Waals surface area contributed by atoms with Crippen LogP contribution in [0.3, 0.4) is 0 Å². The van der Waals surface area contributed by atoms with Crippen LogP contribution in [0.5, 0.6) is 0 Å². The summed E-state index contributed by atoms with van der Waals surface area (Å²) < 4.78 is 0.867. The van der Waals surface area contributed by atoms with E-state index in [4.69, 9.17) is 0 Å². The van der Waals surface area contributed by atoms with E-state index in [9.17, 15) is 10.1 Å². The Bertz CT molecular complexity index is 456. The number of nitrogens with zero attached hydrogens (tertiary/aromatic N) is 2. The van der Waals surface area contributed by atoms with Gasteiger partial charge < -0.3 is 5.32 Å². The lowest BCUT2D eigenvalue weighted by molar-refractivity contribution is -0.384. The van der Waals surface area contributed by atoms with Gasteiger partial charge in [-0.25, -0.2) is 0 Å². The monoisotopic (exact) mass is 391 g/mol. The molecule has 0 radical (unpaired) electrons. The maximum atomic E-state index is 11.0. The molecule has 0 atom stereocenters. The van der Waals surface area contributed by atoms with Gasteiger partial charge in [0.15, 0.2) is 0 Å². The Labute approximate surface area is 134 Å². The minimum Gasteiger partial charge on any atom is -0.378 e. The molecule has 0 saturated carbocycles. The van der Waals surface area contributed by atoms with Crippen molar-refractivity contribution in [3.05, 3.63) is 31.9 Å². The van der Waals surface area contributed by atoms with E-state index in [0.29, 0.717) is 24.3 Å². The van der Waals surface area contributed by atoms with Gasteiger partial charge in [0.05, 0.1) is 4.92 Å². The smallest absolute Gasteiger partial charge is 0.293 e. The lowest BCUT2D eigenvalue weighted by Crippen LogP contribution is -2.40. The molecule has 1 aromatic carbocycles. The number of nitro groups is 1. The van der Waals surface area contributed by atoms with Gasteiger partial charge in [-0.05, 0) is 62.4 Å². The lowest BCUT2D eigenvalue weighted by Gasteiger charge is -2.30. The largest absolute Gasteiger partial charge is 0.378 e. The van der Waals surface area contributed by atoms with Gasteiger partial charge in [0.1, 0.15) is 5.69 Å². The van der Waals surface area contributed by atoms with Crippen molar-refractivity contribution >= 4 is 34.0 Å². The first-order valence-electron chi connectivity index (χ1n) is 6.76. The van der Waals surface area contributed by atoms with Crippen molar-refractivity contribution < 1.29 is 4.92 Å². The highest BCUT2D eigenvalue weighted by molar-refractivity contribution is 14.1. The molecule has 6 heteroatoms. The van der Waals surface area contributed by atoms with Gasteiger partial charge in [-0.1, -0.05) is 0 Å². The highest BCUT2D eigenvalue weighted by Crippen LogP contribution is 2.26. The molecule has 1 aromatic rings. The fourth-order valence-electron chi connectivity index (χ4n) is 2.24. The van der Waals surface area contributed by atoms with Crippen molar-refractivity contribution in [2.45, 2.75) is 39.8 Å². The van der Waals surface area contributed by atoms with Gasteiger partial charge in [-0.3, -0.25) is 15.0 Å². The second kappa shape index (κ2) is 7.78. The maximum Gasteiger partial charge on any atom is 0.293 e. The number of hydrogen-bond acceptors (Lipinski definition) is 4. The van der Waals surface area contributed by atoms with Crippen LogP contribution in [0.15, 0.2) is 18.2 Å². The molecule has 0 aliphatic heterocycles. The van der Waals surface area contributed by atoms with E-state index in [1.807, 2.05) is 6.07 Å². The highest BCUT2D eigenvalue weighted by atomic mass is 127. The van der Waals surface area contributed by atoms with E-state index in [0.717, 1.165) is 10.1 Å². The topological polar surface area (TPSA) is 58.4 Å². The molecule has 0 saturated heterocycles. The molecular formula is C14H22IN3O2. The quantitative estimate of drug-likeness (QED) is 0.437. The summed E-state index contributed by atoms with van der Waals surface area (Å²) in [6, 6.07) is 6.16. The van der Waals surface area contributed by atoms with Crippen LogP contribution in [0, 0.1) is 13.7 Å². The zero-order chi connectivity index (χ0) is 15.3. The average Bonchev–Trinajstić information content (AvgIpc) is 2.34. The number of rotatable bonds is 7. The van der Waals surface area contributed by atoms with Crippen LogP contribution < -0.4 is 5.32 Å². The van der Waals surface area contributed by atoms with Crippen LogP contribution >= 0.6 is 22.6 Å². The van der Waals surface area contributed by atoms with Crippen molar-refractivity contribution in [2.24, 2.45) is 0 Å². The third-order valence-corrected chi connectivity index (χ3v) is 3.84. The molecule has 0 unspecified atom stereocenters. The van der Waals surface area contributed by atoms with Gasteiger partial charge >= 0.3 is 0 Å². The predicted molar refractivity (Wildman–Crippen MR) is 91.3 cm³/mol. The minimum absolute atomic E-state index is 0.137. The second-order valence-electron chi connectivity index (χ2n) is 5.27. The number of benzene rings is 1. The highest BCUT2D eigenvalue weighted by Gasteiger charge is 2.16. The molecule has 0 aliphatic carbocycles. The van der Waals surface area contributed by atoms with E-state index in [-0.39, 0.29) is 10.6 Å². The minimum atomic E-state index is -0.340. The maximum absolute atomic E-state index is 11.0. The number of halogens is 1. The van der Waals surface area contributed by atoms with Crippen LogP contribution in [0.4, 0.5) is 11.4 Å². The number of anilines is 1. The molecule has 0 bridgehead atoms. The number of nitro benzene ring substituents is 1. The Balaban J connectivity index is 2.68. The molecule has 1 N–H and O–H groups in total. The summed E-state index contributed by atoms with van der Waals surface area (Å²) in [5.41, 5.74) is 0.723. The van der Waals surface area contributed by atoms with E-state index >= 15 is 0 Å². The third-order valence-electron chi connectivity index (χ3n) is 3.17. The molecule has 20 heavy (non-hydrogen) atoms. The Hall–Kier alpha value is -0.890. The van der Waals surface area contributed by atoms with Crippen molar-refractivity contribution in [1.29, 1.82) is 0 Å². The SMILES string of the molecule is CC(C)N(CCNc1ccc(I)cc1[N+](=O)[O-])C(C)C. The first-order chi connectivity index (χ1) is 9.32. The average molecular weight is 391 g/mol. The third kappa shape index (κ3) is 4.90. The molecule has 0 aromatic heterocycles. The van der Waals surface area contributed by atoms with E-state index < -0.39 is 0 Å². The van der Waals surface area contributed by atoms with Crippen LogP contribution in [0.1, 0.15) is 27.7 Å². The van der Waals surface area contributed by atoms with Crippen molar-refractivity contribution in [2.75, 3.05) is 18.4 Å². The van der Waals surface area contributed by atoms with Gasteiger partial charge in [0.2, 0.25) is 0 Å². The van der Waals surface area contributed by atoms with Gasteiger partial charge in [-0.2, -0.15) is 0 Å². The summed E-state index contributed by atoms with van der Waals surface area (Å²) in [6.45, 7) is 10.2. The lowest BCUT2D eigenvalue weighted by atomic mass is 10.2. The van der Waals surface area contributed by atoms with Gasteiger partial charge in [0, 0.05) is 34.8 Å². The summed E-state index contributed by atoms with van der Waals surface area (Å²) in [7, 11) is 0. The molecular weight excluding hydrogens is 369 g/mol. The zero-order valence-electron chi connectivity index (χ0n) is 12.4. The van der Waals surface area contributed by atoms with Crippen molar-refractivity contribution in [3.63, 3.8) is 0 Å². The fourth-order valence-corrected chi connectivity index (χ4v) is 2.71. The Morgan fingerprint density at radius 2 is 1.90 bits per heavy atom. The standard InChI is InChI=1S/C14H22IN3O2/c1-10(2)17(11(3)4)8-7-16-13-6-5-12(15)9-14(13)18(19)20/h5-6,9-11,16H,7-8H2,1-4H3. The summed E-state index contributed by atoms with van der Waals surface area (Å²) in [5, 5.41) is 14.2. The zero-order valence-corrected chi connectivity index (χ0v) is 14.5. The molecule has 5 nitrogen and oxygen atoms in total. The molecule has 0 heterocycles. The number of nitrogens with one attached hydrogen (secondary N) is 1.